The Bertz CT molecular complexity index is 541. The topological polar surface area (TPSA) is 92.7 Å². The Labute approximate surface area is 118 Å². The number of ether oxygens (including phenoxy) is 1. The Morgan fingerprint density at radius 1 is 1.35 bits per heavy atom. The fourth-order valence-electron chi connectivity index (χ4n) is 1.51. The van der Waals surface area contributed by atoms with Crippen LogP contribution in [0.25, 0.3) is 0 Å². The maximum atomic E-state index is 11.8. The van der Waals surface area contributed by atoms with Crippen LogP contribution in [0.1, 0.15) is 16.8 Å². The van der Waals surface area contributed by atoms with Crippen molar-refractivity contribution < 1.29 is 23.1 Å². The average molecular weight is 301 g/mol. The zero-order valence-corrected chi connectivity index (χ0v) is 12.1. The second-order valence-corrected chi connectivity index (χ2v) is 6.26. The third-order valence-electron chi connectivity index (χ3n) is 2.51. The fraction of sp³-hybridized carbons (Fsp3) is 0.462. The molecule has 0 atom stereocenters. The van der Waals surface area contributed by atoms with Crippen LogP contribution >= 0.6 is 0 Å². The van der Waals surface area contributed by atoms with Crippen LogP contribution in [0.2, 0.25) is 0 Å². The van der Waals surface area contributed by atoms with Crippen molar-refractivity contribution >= 4 is 15.7 Å². The minimum atomic E-state index is -3.32. The van der Waals surface area contributed by atoms with Gasteiger partial charge in [0.2, 0.25) is 0 Å². The number of hydrogen-bond acceptors (Lipinski definition) is 5. The minimum Gasteiger partial charge on any atom is -0.394 e. The molecule has 6 nitrogen and oxygen atoms in total. The lowest BCUT2D eigenvalue weighted by Crippen LogP contribution is -2.25. The van der Waals surface area contributed by atoms with E-state index in [2.05, 4.69) is 5.32 Å². The molecule has 0 saturated heterocycles. The summed E-state index contributed by atoms with van der Waals surface area (Å²) < 4.78 is 27.9. The van der Waals surface area contributed by atoms with E-state index in [0.717, 1.165) is 6.26 Å². The first-order valence-electron chi connectivity index (χ1n) is 6.22. The Morgan fingerprint density at radius 2 is 2.10 bits per heavy atom. The summed E-state index contributed by atoms with van der Waals surface area (Å²) in [5.74, 6) is -0.322. The van der Waals surface area contributed by atoms with Crippen LogP contribution in [0.3, 0.4) is 0 Å². The SMILES string of the molecule is CS(=O)(=O)c1cccc(C(=O)NCCCOCCO)c1. The van der Waals surface area contributed by atoms with Gasteiger partial charge in [0.25, 0.3) is 5.91 Å². The second-order valence-electron chi connectivity index (χ2n) is 4.25. The maximum absolute atomic E-state index is 11.8. The van der Waals surface area contributed by atoms with Gasteiger partial charge in [-0.2, -0.15) is 0 Å². The second kappa shape index (κ2) is 7.98. The van der Waals surface area contributed by atoms with Crippen LogP contribution in [0.4, 0.5) is 0 Å². The molecule has 2 N–H and O–H groups in total. The highest BCUT2D eigenvalue weighted by Crippen LogP contribution is 2.11. The molecule has 1 amide bonds. The molecular formula is C13H19NO5S. The van der Waals surface area contributed by atoms with Crippen LogP contribution in [-0.2, 0) is 14.6 Å². The zero-order valence-electron chi connectivity index (χ0n) is 11.3. The molecule has 0 fully saturated rings. The monoisotopic (exact) mass is 301 g/mol. The lowest BCUT2D eigenvalue weighted by molar-refractivity contribution is 0.0867. The summed E-state index contributed by atoms with van der Waals surface area (Å²) >= 11 is 0. The number of amides is 1. The highest BCUT2D eigenvalue weighted by atomic mass is 32.2. The predicted molar refractivity (Wildman–Crippen MR) is 74.4 cm³/mol. The van der Waals surface area contributed by atoms with E-state index in [0.29, 0.717) is 25.1 Å². The van der Waals surface area contributed by atoms with Crippen molar-refractivity contribution in [2.75, 3.05) is 32.6 Å². The predicted octanol–water partition coefficient (Wildman–Crippen LogP) is 0.219. The van der Waals surface area contributed by atoms with Crippen LogP contribution in [0.15, 0.2) is 29.2 Å². The minimum absolute atomic E-state index is 0.0232. The van der Waals surface area contributed by atoms with E-state index in [9.17, 15) is 13.2 Å². The molecule has 0 radical (unpaired) electrons. The Kier molecular flexibility index (Phi) is 6.63. The lowest BCUT2D eigenvalue weighted by atomic mass is 10.2. The van der Waals surface area contributed by atoms with Crippen LogP contribution in [0.5, 0.6) is 0 Å². The number of hydrogen-bond donors (Lipinski definition) is 2. The van der Waals surface area contributed by atoms with Gasteiger partial charge in [-0.3, -0.25) is 4.79 Å². The number of carbonyl (C=O) groups is 1. The summed E-state index contributed by atoms with van der Waals surface area (Å²) in [6.45, 7) is 1.13. The van der Waals surface area contributed by atoms with Crippen molar-refractivity contribution in [1.29, 1.82) is 0 Å². The van der Waals surface area contributed by atoms with Crippen LogP contribution in [-0.4, -0.2) is 52.1 Å². The molecule has 0 heterocycles. The van der Waals surface area contributed by atoms with Gasteiger partial charge < -0.3 is 15.2 Å². The molecule has 1 rings (SSSR count). The quantitative estimate of drug-likeness (QED) is 0.670. The van der Waals surface area contributed by atoms with Crippen LogP contribution < -0.4 is 5.32 Å². The molecule has 1 aromatic rings. The fourth-order valence-corrected chi connectivity index (χ4v) is 2.18. The number of sulfone groups is 1. The summed E-state index contributed by atoms with van der Waals surface area (Å²) in [6.07, 6.45) is 1.72. The van der Waals surface area contributed by atoms with Gasteiger partial charge in [0.05, 0.1) is 18.1 Å². The smallest absolute Gasteiger partial charge is 0.251 e. The van der Waals surface area contributed by atoms with E-state index in [4.69, 9.17) is 9.84 Å². The molecule has 112 valence electrons. The Morgan fingerprint density at radius 3 is 2.75 bits per heavy atom. The number of rotatable bonds is 8. The van der Waals surface area contributed by atoms with Gasteiger partial charge in [-0.1, -0.05) is 6.07 Å². The molecule has 0 aliphatic rings. The first-order chi connectivity index (χ1) is 9.45. The molecule has 0 saturated carbocycles. The highest BCUT2D eigenvalue weighted by Gasteiger charge is 2.11. The van der Waals surface area contributed by atoms with Crippen molar-refractivity contribution in [3.05, 3.63) is 29.8 Å². The molecular weight excluding hydrogens is 282 g/mol. The van der Waals surface area contributed by atoms with Crippen LogP contribution in [0, 0.1) is 0 Å². The molecule has 0 bridgehead atoms. The molecule has 0 aromatic heterocycles. The number of nitrogens with one attached hydrogen (secondary N) is 1. The zero-order chi connectivity index (χ0) is 15.0. The summed E-state index contributed by atoms with van der Waals surface area (Å²) in [7, 11) is -3.32. The normalized spacial score (nSPS) is 11.3. The van der Waals surface area contributed by atoms with Crippen molar-refractivity contribution in [3.63, 3.8) is 0 Å². The lowest BCUT2D eigenvalue weighted by Gasteiger charge is -2.06. The molecule has 0 aliphatic heterocycles. The molecule has 0 spiro atoms. The molecule has 1 aromatic carbocycles. The number of aliphatic hydroxyl groups is 1. The van der Waals surface area contributed by atoms with Gasteiger partial charge in [0, 0.05) is 25.0 Å². The van der Waals surface area contributed by atoms with E-state index < -0.39 is 9.84 Å². The summed E-state index contributed by atoms with van der Waals surface area (Å²) in [5, 5.41) is 11.2. The van der Waals surface area contributed by atoms with Gasteiger partial charge >= 0.3 is 0 Å². The largest absolute Gasteiger partial charge is 0.394 e. The summed E-state index contributed by atoms with van der Waals surface area (Å²) in [4.78, 5) is 11.9. The van der Waals surface area contributed by atoms with Gasteiger partial charge in [-0.25, -0.2) is 8.42 Å². The first-order valence-corrected chi connectivity index (χ1v) is 8.11. The first kappa shape index (κ1) is 16.6. The Hall–Kier alpha value is -1.44. The third kappa shape index (κ3) is 5.68. The molecule has 7 heteroatoms. The van der Waals surface area contributed by atoms with E-state index in [1.807, 2.05) is 0 Å². The van der Waals surface area contributed by atoms with Crippen molar-refractivity contribution in [1.82, 2.24) is 5.32 Å². The van der Waals surface area contributed by atoms with Crippen molar-refractivity contribution in [2.24, 2.45) is 0 Å². The third-order valence-corrected chi connectivity index (χ3v) is 3.62. The van der Waals surface area contributed by atoms with E-state index in [-0.39, 0.29) is 24.0 Å². The average Bonchev–Trinajstić information content (AvgIpc) is 2.41. The van der Waals surface area contributed by atoms with Gasteiger partial charge in [-0.05, 0) is 24.6 Å². The van der Waals surface area contributed by atoms with E-state index >= 15 is 0 Å². The molecule has 0 aliphatic carbocycles. The number of aliphatic hydroxyl groups excluding tert-OH is 1. The standard InChI is InChI=1S/C13H19NO5S/c1-20(17,18)12-5-2-4-11(10-12)13(16)14-6-3-8-19-9-7-15/h2,4-5,10,15H,3,6-9H2,1H3,(H,14,16). The maximum Gasteiger partial charge on any atom is 0.251 e. The van der Waals surface area contributed by atoms with Gasteiger partial charge in [-0.15, -0.1) is 0 Å². The van der Waals surface area contributed by atoms with Gasteiger partial charge in [0.15, 0.2) is 9.84 Å². The highest BCUT2D eigenvalue weighted by molar-refractivity contribution is 7.90. The molecule has 20 heavy (non-hydrogen) atoms. The van der Waals surface area contributed by atoms with E-state index in [1.54, 1.807) is 6.07 Å². The molecule has 0 unspecified atom stereocenters. The summed E-state index contributed by atoms with van der Waals surface area (Å²) in [5.41, 5.74) is 0.309. The number of carbonyl (C=O) groups excluding carboxylic acids is 1. The summed E-state index contributed by atoms with van der Waals surface area (Å²) in [6, 6.07) is 5.91. The van der Waals surface area contributed by atoms with Crippen molar-refractivity contribution in [2.45, 2.75) is 11.3 Å². The Balaban J connectivity index is 2.48. The number of benzene rings is 1. The van der Waals surface area contributed by atoms with E-state index in [1.165, 1.54) is 18.2 Å². The van der Waals surface area contributed by atoms with Gasteiger partial charge in [0.1, 0.15) is 0 Å². The van der Waals surface area contributed by atoms with Crippen molar-refractivity contribution in [3.8, 4) is 0 Å².